The lowest BCUT2D eigenvalue weighted by Crippen LogP contribution is -2.46. The van der Waals surface area contributed by atoms with Gasteiger partial charge in [-0.1, -0.05) is 6.07 Å². The number of hydrogen-bond donors (Lipinski definition) is 2. The molecule has 10 heteroatoms. The van der Waals surface area contributed by atoms with Crippen molar-refractivity contribution in [3.63, 3.8) is 0 Å². The van der Waals surface area contributed by atoms with Gasteiger partial charge in [-0.15, -0.1) is 0 Å². The van der Waals surface area contributed by atoms with Crippen molar-refractivity contribution < 1.29 is 23.5 Å². The van der Waals surface area contributed by atoms with Crippen molar-refractivity contribution in [2.24, 2.45) is 4.99 Å². The molecule has 6 rings (SSSR count). The van der Waals surface area contributed by atoms with Crippen molar-refractivity contribution in [1.82, 2.24) is 20.5 Å². The molecule has 34 heavy (non-hydrogen) atoms. The van der Waals surface area contributed by atoms with Gasteiger partial charge in [0.1, 0.15) is 34.0 Å². The van der Waals surface area contributed by atoms with Crippen LogP contribution in [0.4, 0.5) is 0 Å². The zero-order chi connectivity index (χ0) is 23.4. The lowest BCUT2D eigenvalue weighted by Gasteiger charge is -2.28. The van der Waals surface area contributed by atoms with Crippen molar-refractivity contribution >= 4 is 34.5 Å². The number of imide groups is 1. The smallest absolute Gasteiger partial charge is 0.254 e. The number of aliphatic imine (C=N–C) groups is 1. The Morgan fingerprint density at radius 2 is 2.09 bits per heavy atom. The van der Waals surface area contributed by atoms with Crippen molar-refractivity contribution in [3.05, 3.63) is 59.1 Å². The number of fused-ring (bicyclic) bond motifs is 2. The lowest BCUT2D eigenvalue weighted by atomic mass is 9.82. The van der Waals surface area contributed by atoms with Gasteiger partial charge in [-0.05, 0) is 29.8 Å². The topological polar surface area (TPSA) is 126 Å². The Morgan fingerprint density at radius 3 is 2.82 bits per heavy atom. The van der Waals surface area contributed by atoms with E-state index in [0.717, 1.165) is 12.1 Å². The number of nitrogens with one attached hydrogen (secondary N) is 2. The van der Waals surface area contributed by atoms with Crippen LogP contribution < -0.4 is 15.4 Å². The number of hydrogen-bond acceptors (Lipinski definition) is 8. The Morgan fingerprint density at radius 1 is 1.21 bits per heavy atom. The second-order valence-electron chi connectivity index (χ2n) is 8.66. The van der Waals surface area contributed by atoms with Gasteiger partial charge in [0.15, 0.2) is 0 Å². The number of pyridine rings is 1. The van der Waals surface area contributed by atoms with Gasteiger partial charge in [-0.25, -0.2) is 0 Å². The van der Waals surface area contributed by atoms with E-state index in [2.05, 4.69) is 20.6 Å². The Hall–Kier alpha value is -4.21. The van der Waals surface area contributed by atoms with Gasteiger partial charge in [0.2, 0.25) is 11.8 Å². The van der Waals surface area contributed by atoms with E-state index in [1.165, 1.54) is 0 Å². The molecule has 2 aromatic heterocycles. The molecule has 2 N–H and O–H groups in total. The molecule has 1 atom stereocenters. The van der Waals surface area contributed by atoms with Crippen LogP contribution in [-0.4, -0.2) is 60.2 Å². The molecule has 1 fully saturated rings. The van der Waals surface area contributed by atoms with Crippen LogP contribution in [0.1, 0.15) is 33.8 Å². The number of nitrogens with zero attached hydrogens (tertiary/aromatic N) is 3. The second-order valence-corrected chi connectivity index (χ2v) is 8.66. The highest BCUT2D eigenvalue weighted by Crippen LogP contribution is 2.39. The highest BCUT2D eigenvalue weighted by Gasteiger charge is 2.53. The Bertz CT molecular complexity index is 1410. The van der Waals surface area contributed by atoms with E-state index in [1.807, 2.05) is 6.07 Å². The normalized spacial score (nSPS) is 21.6. The molecule has 3 aliphatic rings. The molecule has 1 saturated heterocycles. The van der Waals surface area contributed by atoms with E-state index in [4.69, 9.17) is 9.15 Å². The maximum Gasteiger partial charge on any atom is 0.254 e. The SMILES string of the molecule is COc1ccc2c(c1)C(=O)N(C[C@@]1(c3cc4c(C5=NCCN5)nccc4o3)CC(=O)NC1=O)C2. The third kappa shape index (κ3) is 2.98. The van der Waals surface area contributed by atoms with Crippen molar-refractivity contribution in [3.8, 4) is 5.75 Å². The number of amides is 3. The summed E-state index contributed by atoms with van der Waals surface area (Å²) in [6.07, 6.45) is 1.51. The fourth-order valence-corrected chi connectivity index (χ4v) is 4.91. The Balaban J connectivity index is 1.41. The number of furan rings is 1. The summed E-state index contributed by atoms with van der Waals surface area (Å²) in [5.41, 5.74) is 1.18. The highest BCUT2D eigenvalue weighted by molar-refractivity contribution is 6.11. The van der Waals surface area contributed by atoms with Crippen LogP contribution in [0, 0.1) is 0 Å². The molecule has 172 valence electrons. The minimum atomic E-state index is -1.35. The van der Waals surface area contributed by atoms with E-state index >= 15 is 0 Å². The first-order valence-electron chi connectivity index (χ1n) is 11.0. The van der Waals surface area contributed by atoms with Gasteiger partial charge in [-0.2, -0.15) is 0 Å². The van der Waals surface area contributed by atoms with Gasteiger partial charge in [0.05, 0.1) is 25.5 Å². The van der Waals surface area contributed by atoms with Gasteiger partial charge in [0.25, 0.3) is 5.91 Å². The largest absolute Gasteiger partial charge is 0.497 e. The van der Waals surface area contributed by atoms with Gasteiger partial charge < -0.3 is 19.4 Å². The molecule has 0 unspecified atom stereocenters. The highest BCUT2D eigenvalue weighted by atomic mass is 16.5. The van der Waals surface area contributed by atoms with Crippen LogP contribution in [-0.2, 0) is 21.5 Å². The fraction of sp³-hybridized carbons (Fsp3) is 0.292. The third-order valence-corrected chi connectivity index (χ3v) is 6.62. The first-order chi connectivity index (χ1) is 16.5. The number of aromatic nitrogens is 1. The number of methoxy groups -OCH3 is 1. The van der Waals surface area contributed by atoms with Crippen LogP contribution in [0.2, 0.25) is 0 Å². The first-order valence-corrected chi connectivity index (χ1v) is 11.0. The van der Waals surface area contributed by atoms with Crippen LogP contribution in [0.5, 0.6) is 5.75 Å². The summed E-state index contributed by atoms with van der Waals surface area (Å²) in [6.45, 7) is 1.71. The summed E-state index contributed by atoms with van der Waals surface area (Å²) >= 11 is 0. The summed E-state index contributed by atoms with van der Waals surface area (Å²) in [5, 5.41) is 6.30. The molecule has 3 amide bonds. The van der Waals surface area contributed by atoms with E-state index in [-0.39, 0.29) is 18.9 Å². The summed E-state index contributed by atoms with van der Waals surface area (Å²) in [6, 6.07) is 8.79. The monoisotopic (exact) mass is 459 g/mol. The number of amidine groups is 1. The van der Waals surface area contributed by atoms with E-state index in [9.17, 15) is 14.4 Å². The number of rotatable bonds is 5. The minimum Gasteiger partial charge on any atom is -0.497 e. The molecular weight excluding hydrogens is 438 g/mol. The zero-order valence-corrected chi connectivity index (χ0v) is 18.4. The maximum absolute atomic E-state index is 13.2. The van der Waals surface area contributed by atoms with Crippen LogP contribution in [0.25, 0.3) is 11.0 Å². The zero-order valence-electron chi connectivity index (χ0n) is 18.4. The molecule has 10 nitrogen and oxygen atoms in total. The van der Waals surface area contributed by atoms with Crippen molar-refractivity contribution in [2.45, 2.75) is 18.4 Å². The molecule has 1 aromatic carbocycles. The third-order valence-electron chi connectivity index (χ3n) is 6.62. The van der Waals surface area contributed by atoms with Crippen LogP contribution >= 0.6 is 0 Å². The quantitative estimate of drug-likeness (QED) is 0.548. The lowest BCUT2D eigenvalue weighted by molar-refractivity contribution is -0.127. The Kier molecular flexibility index (Phi) is 4.44. The molecule has 0 bridgehead atoms. The predicted octanol–water partition coefficient (Wildman–Crippen LogP) is 1.13. The number of ether oxygens (including phenoxy) is 1. The second kappa shape index (κ2) is 7.41. The average molecular weight is 459 g/mol. The number of benzene rings is 1. The van der Waals surface area contributed by atoms with E-state index < -0.39 is 17.2 Å². The molecular formula is C24H21N5O5. The summed E-state index contributed by atoms with van der Waals surface area (Å²) in [5.74, 6) is 0.458. The molecule has 0 aliphatic carbocycles. The van der Waals surface area contributed by atoms with Gasteiger partial charge >= 0.3 is 0 Å². The molecule has 0 spiro atoms. The molecule has 3 aliphatic heterocycles. The average Bonchev–Trinajstić information content (AvgIpc) is 3.61. The van der Waals surface area contributed by atoms with E-state index in [0.29, 0.717) is 52.7 Å². The van der Waals surface area contributed by atoms with Gasteiger partial charge in [0, 0.05) is 31.4 Å². The standard InChI is InChI=1S/C24H21N5O5/c1-33-14-3-2-13-11-29(22(31)15(13)8-14)12-24(10-19(30)28-23(24)32)18-9-16-17(34-18)4-5-25-20(16)21-26-6-7-27-21/h2-5,8-9H,6-7,10-12H2,1H3,(H,26,27)(H,28,30,32)/t24-/m1/s1. The van der Waals surface area contributed by atoms with Crippen molar-refractivity contribution in [2.75, 3.05) is 26.7 Å². The predicted molar refractivity (Wildman–Crippen MR) is 121 cm³/mol. The summed E-state index contributed by atoms with van der Waals surface area (Å²) in [4.78, 5) is 49.2. The molecule has 5 heterocycles. The van der Waals surface area contributed by atoms with Crippen molar-refractivity contribution in [1.29, 1.82) is 0 Å². The number of carbonyl (C=O) groups excluding carboxylic acids is 3. The first kappa shape index (κ1) is 20.4. The van der Waals surface area contributed by atoms with Crippen LogP contribution in [0.3, 0.4) is 0 Å². The maximum atomic E-state index is 13.2. The molecule has 0 radical (unpaired) electrons. The Labute approximate surface area is 194 Å². The van der Waals surface area contributed by atoms with Crippen LogP contribution in [0.15, 0.2) is 45.9 Å². The number of carbonyl (C=O) groups is 3. The fourth-order valence-electron chi connectivity index (χ4n) is 4.91. The minimum absolute atomic E-state index is 0.00217. The summed E-state index contributed by atoms with van der Waals surface area (Å²) in [7, 11) is 1.54. The molecule has 0 saturated carbocycles. The van der Waals surface area contributed by atoms with E-state index in [1.54, 1.807) is 42.5 Å². The summed E-state index contributed by atoms with van der Waals surface area (Å²) < 4.78 is 11.4. The van der Waals surface area contributed by atoms with Gasteiger partial charge in [-0.3, -0.25) is 29.7 Å². The molecule has 3 aromatic rings.